The first-order valence-corrected chi connectivity index (χ1v) is 4.59. The molecular weight excluding hydrogens is 230 g/mol. The first-order chi connectivity index (χ1) is 5.08. The molecule has 0 aromatic heterocycles. The zero-order valence-corrected chi connectivity index (χ0v) is 8.77. The van der Waals surface area contributed by atoms with Gasteiger partial charge in [0.1, 0.15) is 0 Å². The van der Waals surface area contributed by atoms with Crippen LogP contribution >= 0.6 is 46.4 Å². The Kier molecular flexibility index (Phi) is 13.6. The molecule has 0 aliphatic carbocycles. The predicted octanol–water partition coefficient (Wildman–Crippen LogP) is 3.01. The average Bonchev–Trinajstić information content (AvgIpc) is 2.04. The summed E-state index contributed by atoms with van der Waals surface area (Å²) in [6, 6.07) is 0. The topological polar surface area (TPSA) is 17.1 Å². The monoisotopic (exact) mass is 236 g/mol. The number of Topliss-reactive ketones (excluding diaryl/α,β-unsaturated/α-hetero) is 1. The van der Waals surface area contributed by atoms with Crippen molar-refractivity contribution in [3.63, 3.8) is 0 Å². The van der Waals surface area contributed by atoms with Crippen LogP contribution in [0.15, 0.2) is 11.6 Å². The van der Waals surface area contributed by atoms with Crippen LogP contribution in [-0.2, 0) is 4.79 Å². The molecule has 0 aromatic rings. The maximum Gasteiger partial charge on any atom is 0.162 e. The largest absolute Gasteiger partial charge is 0.297 e. The lowest BCUT2D eigenvalue weighted by molar-refractivity contribution is -0.114. The van der Waals surface area contributed by atoms with Gasteiger partial charge in [0, 0.05) is 5.03 Å². The summed E-state index contributed by atoms with van der Waals surface area (Å²) in [5.74, 6) is 0.285. The minimum Gasteiger partial charge on any atom is -0.297 e. The van der Waals surface area contributed by atoms with Gasteiger partial charge in [0.15, 0.2) is 5.78 Å². The van der Waals surface area contributed by atoms with Gasteiger partial charge in [0.05, 0.1) is 17.6 Å². The van der Waals surface area contributed by atoms with E-state index in [4.69, 9.17) is 46.4 Å². The lowest BCUT2D eigenvalue weighted by Crippen LogP contribution is -1.98. The normalized spacial score (nSPS) is 8.00. The van der Waals surface area contributed by atoms with E-state index in [0.29, 0.717) is 10.9 Å². The van der Waals surface area contributed by atoms with Crippen LogP contribution in [0.3, 0.4) is 0 Å². The van der Waals surface area contributed by atoms with Crippen LogP contribution in [0.2, 0.25) is 0 Å². The third kappa shape index (κ3) is 18.0. The predicted molar refractivity (Wildman–Crippen MR) is 52.2 cm³/mol. The summed E-state index contributed by atoms with van der Waals surface area (Å²) >= 11 is 20.3. The third-order valence-corrected chi connectivity index (χ3v) is 1.63. The van der Waals surface area contributed by atoms with Gasteiger partial charge in [-0.2, -0.15) is 0 Å². The van der Waals surface area contributed by atoms with Gasteiger partial charge in [-0.15, -0.1) is 34.8 Å². The zero-order chi connectivity index (χ0) is 9.28. The molecule has 5 heteroatoms. The molecule has 11 heavy (non-hydrogen) atoms. The molecule has 66 valence electrons. The van der Waals surface area contributed by atoms with Crippen molar-refractivity contribution in [3.8, 4) is 0 Å². The van der Waals surface area contributed by atoms with E-state index in [-0.39, 0.29) is 17.5 Å². The number of hydrogen-bond acceptors (Lipinski definition) is 1. The maximum absolute atomic E-state index is 9.92. The van der Waals surface area contributed by atoms with Gasteiger partial charge in [0.25, 0.3) is 0 Å². The lowest BCUT2D eigenvalue weighted by atomic mass is 10.5. The summed E-state index contributed by atoms with van der Waals surface area (Å²) in [7, 11) is 0. The van der Waals surface area contributed by atoms with Gasteiger partial charge in [-0.3, -0.25) is 4.79 Å². The second kappa shape index (κ2) is 10.6. The Morgan fingerprint density at radius 3 is 1.36 bits per heavy atom. The first kappa shape index (κ1) is 14.1. The quantitative estimate of drug-likeness (QED) is 0.690. The average molecular weight is 238 g/mol. The molecular formula is C6H8Cl4O. The molecule has 0 aliphatic rings. The van der Waals surface area contributed by atoms with Crippen molar-refractivity contribution in [2.24, 2.45) is 0 Å². The van der Waals surface area contributed by atoms with Crippen molar-refractivity contribution in [3.05, 3.63) is 11.6 Å². The van der Waals surface area contributed by atoms with E-state index < -0.39 is 0 Å². The van der Waals surface area contributed by atoms with Gasteiger partial charge in [-0.1, -0.05) is 18.2 Å². The standard InChI is InChI=1S/C3H4Cl2O.C3H4Cl2/c4-1-3(6)2-5;1-3(5)2-4/h1-2H2;1-2H2. The molecule has 0 aromatic carbocycles. The Balaban J connectivity index is 0. The minimum atomic E-state index is -0.127. The molecule has 0 N–H and O–H groups in total. The number of ketones is 1. The van der Waals surface area contributed by atoms with E-state index in [9.17, 15) is 4.79 Å². The van der Waals surface area contributed by atoms with Crippen LogP contribution in [0, 0.1) is 0 Å². The molecule has 0 fully saturated rings. The Morgan fingerprint density at radius 1 is 1.09 bits per heavy atom. The van der Waals surface area contributed by atoms with Gasteiger partial charge in [0.2, 0.25) is 0 Å². The van der Waals surface area contributed by atoms with E-state index in [2.05, 4.69) is 6.58 Å². The summed E-state index contributed by atoms with van der Waals surface area (Å²) in [5, 5.41) is 0.492. The molecule has 0 rings (SSSR count). The summed E-state index contributed by atoms with van der Waals surface area (Å²) in [6.07, 6.45) is 0. The van der Waals surface area contributed by atoms with Crippen LogP contribution in [0.5, 0.6) is 0 Å². The molecule has 0 bridgehead atoms. The van der Waals surface area contributed by atoms with Crippen LogP contribution in [0.4, 0.5) is 0 Å². The van der Waals surface area contributed by atoms with Crippen LogP contribution < -0.4 is 0 Å². The summed E-state index contributed by atoms with van der Waals surface area (Å²) < 4.78 is 0. The summed E-state index contributed by atoms with van der Waals surface area (Å²) in [6.45, 7) is 3.31. The van der Waals surface area contributed by atoms with Gasteiger partial charge in [-0.05, 0) is 0 Å². The number of rotatable bonds is 3. The summed E-state index contributed by atoms with van der Waals surface area (Å²) in [4.78, 5) is 9.92. The van der Waals surface area contributed by atoms with E-state index >= 15 is 0 Å². The smallest absolute Gasteiger partial charge is 0.162 e. The molecule has 0 unspecified atom stereocenters. The third-order valence-electron chi connectivity index (χ3n) is 0.443. The Bertz CT molecular complexity index is 118. The number of alkyl halides is 3. The highest BCUT2D eigenvalue weighted by Crippen LogP contribution is 1.96. The van der Waals surface area contributed by atoms with Crippen molar-refractivity contribution in [1.29, 1.82) is 0 Å². The van der Waals surface area contributed by atoms with Crippen LogP contribution in [0.1, 0.15) is 0 Å². The zero-order valence-electron chi connectivity index (χ0n) is 5.75. The highest BCUT2D eigenvalue weighted by molar-refractivity contribution is 6.36. The molecule has 0 saturated carbocycles. The maximum atomic E-state index is 9.92. The Hall–Kier alpha value is 0.570. The Morgan fingerprint density at radius 2 is 1.36 bits per heavy atom. The molecule has 0 spiro atoms. The SMILES string of the molecule is C=C(Cl)CCl.O=C(CCl)CCl. The van der Waals surface area contributed by atoms with E-state index in [1.165, 1.54) is 0 Å². The number of halogens is 4. The van der Waals surface area contributed by atoms with Crippen molar-refractivity contribution in [1.82, 2.24) is 0 Å². The molecule has 0 aliphatic heterocycles. The molecule has 0 heterocycles. The van der Waals surface area contributed by atoms with Crippen molar-refractivity contribution in [2.75, 3.05) is 17.6 Å². The fourth-order valence-electron chi connectivity index (χ4n) is 0.0357. The number of carbonyl (C=O) groups excluding carboxylic acids is 1. The van der Waals surface area contributed by atoms with Crippen LogP contribution in [-0.4, -0.2) is 23.4 Å². The van der Waals surface area contributed by atoms with Gasteiger partial charge in [-0.25, -0.2) is 0 Å². The highest BCUT2D eigenvalue weighted by Gasteiger charge is 1.90. The second-order valence-electron chi connectivity index (χ2n) is 1.46. The van der Waals surface area contributed by atoms with Crippen LogP contribution in [0.25, 0.3) is 0 Å². The number of carbonyl (C=O) groups is 1. The molecule has 0 radical (unpaired) electrons. The van der Waals surface area contributed by atoms with E-state index in [1.54, 1.807) is 0 Å². The fraction of sp³-hybridized carbons (Fsp3) is 0.500. The fourth-order valence-corrected chi connectivity index (χ4v) is 0.321. The van der Waals surface area contributed by atoms with E-state index in [1.807, 2.05) is 0 Å². The van der Waals surface area contributed by atoms with Gasteiger partial charge >= 0.3 is 0 Å². The van der Waals surface area contributed by atoms with Crippen molar-refractivity contribution >= 4 is 52.2 Å². The second-order valence-corrected chi connectivity index (χ2v) is 2.79. The van der Waals surface area contributed by atoms with Gasteiger partial charge < -0.3 is 0 Å². The first-order valence-electron chi connectivity index (χ1n) is 2.61. The lowest BCUT2D eigenvalue weighted by Gasteiger charge is -1.77. The van der Waals surface area contributed by atoms with Crippen molar-refractivity contribution in [2.45, 2.75) is 0 Å². The number of allylic oxidation sites excluding steroid dienone is 1. The highest BCUT2D eigenvalue weighted by atomic mass is 35.5. The molecule has 0 atom stereocenters. The summed E-state index contributed by atoms with van der Waals surface area (Å²) in [5.41, 5.74) is 0. The van der Waals surface area contributed by atoms with Crippen molar-refractivity contribution < 1.29 is 4.79 Å². The number of hydrogen-bond donors (Lipinski definition) is 0. The molecule has 1 nitrogen and oxygen atoms in total. The molecule has 0 amide bonds. The molecule has 0 saturated heterocycles. The Labute approximate surface area is 86.3 Å². The van der Waals surface area contributed by atoms with E-state index in [0.717, 1.165) is 0 Å². The minimum absolute atomic E-state index is 0.0312.